The van der Waals surface area contributed by atoms with Gasteiger partial charge in [-0.25, -0.2) is 0 Å². The van der Waals surface area contributed by atoms with Gasteiger partial charge in [-0.15, -0.1) is 11.3 Å². The van der Waals surface area contributed by atoms with Crippen LogP contribution in [0.5, 0.6) is 0 Å². The molecule has 0 spiro atoms. The first-order valence-electron chi connectivity index (χ1n) is 5.50. The van der Waals surface area contributed by atoms with Crippen LogP contribution in [0.1, 0.15) is 29.7 Å². The van der Waals surface area contributed by atoms with E-state index in [0.717, 1.165) is 0 Å². The minimum Gasteiger partial charge on any atom is -0.324 e. The van der Waals surface area contributed by atoms with Crippen LogP contribution in [-0.4, -0.2) is 0 Å². The van der Waals surface area contributed by atoms with Crippen LogP contribution >= 0.6 is 11.3 Å². The van der Waals surface area contributed by atoms with Gasteiger partial charge in [0, 0.05) is 10.9 Å². The van der Waals surface area contributed by atoms with Crippen molar-refractivity contribution >= 4 is 11.3 Å². The van der Waals surface area contributed by atoms with E-state index in [1.165, 1.54) is 27.1 Å². The van der Waals surface area contributed by atoms with Gasteiger partial charge in [0.1, 0.15) is 0 Å². The Labute approximate surface area is 101 Å². The molecule has 84 valence electrons. The summed E-state index contributed by atoms with van der Waals surface area (Å²) in [6.45, 7) is 6.35. The molecule has 16 heavy (non-hydrogen) atoms. The van der Waals surface area contributed by atoms with Gasteiger partial charge in [0.25, 0.3) is 0 Å². The average Bonchev–Trinajstić information content (AvgIpc) is 2.71. The smallest absolute Gasteiger partial charge is 0.0348 e. The summed E-state index contributed by atoms with van der Waals surface area (Å²) in [4.78, 5) is 1.31. The summed E-state index contributed by atoms with van der Waals surface area (Å²) in [5.41, 5.74) is 11.1. The third kappa shape index (κ3) is 2.04. The lowest BCUT2D eigenvalue weighted by molar-refractivity contribution is 0.823. The molecule has 0 fully saturated rings. The first-order chi connectivity index (χ1) is 7.59. The molecular weight excluding hydrogens is 214 g/mol. The zero-order valence-electron chi connectivity index (χ0n) is 9.95. The number of hydrogen-bond donors (Lipinski definition) is 1. The van der Waals surface area contributed by atoms with Crippen LogP contribution in [-0.2, 0) is 0 Å². The van der Waals surface area contributed by atoms with E-state index >= 15 is 0 Å². The summed E-state index contributed by atoms with van der Waals surface area (Å²) in [6.07, 6.45) is 0. The Hall–Kier alpha value is -1.12. The molecule has 2 heteroatoms. The second-order valence-corrected chi connectivity index (χ2v) is 5.19. The Bertz CT molecular complexity index is 497. The first kappa shape index (κ1) is 11.4. The first-order valence-corrected chi connectivity index (χ1v) is 6.38. The maximum atomic E-state index is 5.88. The summed E-state index contributed by atoms with van der Waals surface area (Å²) >= 11 is 1.77. The highest BCUT2D eigenvalue weighted by Crippen LogP contribution is 2.32. The van der Waals surface area contributed by atoms with Crippen molar-refractivity contribution in [3.8, 4) is 10.4 Å². The lowest BCUT2D eigenvalue weighted by atomic mass is 10.0. The van der Waals surface area contributed by atoms with Crippen molar-refractivity contribution in [2.75, 3.05) is 0 Å². The van der Waals surface area contributed by atoms with Gasteiger partial charge in [-0.3, -0.25) is 0 Å². The Kier molecular flexibility index (Phi) is 3.13. The molecular formula is C14H17NS. The summed E-state index contributed by atoms with van der Waals surface area (Å²) in [6, 6.07) is 8.77. The van der Waals surface area contributed by atoms with Crippen molar-refractivity contribution in [3.05, 3.63) is 46.3 Å². The molecule has 0 aliphatic heterocycles. The number of benzene rings is 1. The van der Waals surface area contributed by atoms with Crippen LogP contribution in [0.25, 0.3) is 10.4 Å². The topological polar surface area (TPSA) is 26.0 Å². The van der Waals surface area contributed by atoms with Crippen LogP contribution in [0.15, 0.2) is 29.6 Å². The van der Waals surface area contributed by atoms with Crippen molar-refractivity contribution < 1.29 is 0 Å². The van der Waals surface area contributed by atoms with Crippen molar-refractivity contribution in [3.63, 3.8) is 0 Å². The Balaban J connectivity index is 2.47. The molecule has 1 atom stereocenters. The molecule has 1 nitrogen and oxygen atoms in total. The Morgan fingerprint density at radius 1 is 1.25 bits per heavy atom. The fraction of sp³-hybridized carbons (Fsp3) is 0.286. The Morgan fingerprint density at radius 2 is 2.00 bits per heavy atom. The fourth-order valence-corrected chi connectivity index (χ4v) is 2.85. The van der Waals surface area contributed by atoms with Crippen molar-refractivity contribution in [2.24, 2.45) is 5.73 Å². The molecule has 0 aliphatic rings. The van der Waals surface area contributed by atoms with E-state index in [1.807, 2.05) is 6.92 Å². The van der Waals surface area contributed by atoms with E-state index in [1.54, 1.807) is 11.3 Å². The van der Waals surface area contributed by atoms with Gasteiger partial charge in [0.15, 0.2) is 0 Å². The quantitative estimate of drug-likeness (QED) is 0.829. The molecule has 0 saturated heterocycles. The van der Waals surface area contributed by atoms with Gasteiger partial charge in [-0.1, -0.05) is 18.2 Å². The minimum atomic E-state index is 0.120. The standard InChI is InChI=1S/C14H17NS/c1-9-5-4-6-13(10(9)2)14-7-12(8-16-14)11(3)15/h4-8,11H,15H2,1-3H3. The fourth-order valence-electron chi connectivity index (χ4n) is 1.75. The number of thiophene rings is 1. The maximum Gasteiger partial charge on any atom is 0.0348 e. The van der Waals surface area contributed by atoms with Crippen LogP contribution in [0, 0.1) is 13.8 Å². The zero-order chi connectivity index (χ0) is 11.7. The van der Waals surface area contributed by atoms with Gasteiger partial charge in [0.05, 0.1) is 0 Å². The minimum absolute atomic E-state index is 0.120. The molecule has 1 unspecified atom stereocenters. The molecule has 2 N–H and O–H groups in total. The van der Waals surface area contributed by atoms with Gasteiger partial charge in [-0.2, -0.15) is 0 Å². The molecule has 0 bridgehead atoms. The highest BCUT2D eigenvalue weighted by molar-refractivity contribution is 7.13. The molecule has 0 amide bonds. The second kappa shape index (κ2) is 4.40. The molecule has 0 saturated carbocycles. The predicted octanol–water partition coefficient (Wildman–Crippen LogP) is 4.05. The van der Waals surface area contributed by atoms with E-state index < -0.39 is 0 Å². The van der Waals surface area contributed by atoms with E-state index in [4.69, 9.17) is 5.73 Å². The third-order valence-corrected chi connectivity index (χ3v) is 4.00. The van der Waals surface area contributed by atoms with E-state index in [-0.39, 0.29) is 6.04 Å². The highest BCUT2D eigenvalue weighted by Gasteiger charge is 2.08. The molecule has 0 radical (unpaired) electrons. The van der Waals surface area contributed by atoms with E-state index in [9.17, 15) is 0 Å². The van der Waals surface area contributed by atoms with Crippen molar-refractivity contribution in [2.45, 2.75) is 26.8 Å². The van der Waals surface area contributed by atoms with Gasteiger partial charge in [0.2, 0.25) is 0 Å². The van der Waals surface area contributed by atoms with Crippen molar-refractivity contribution in [1.29, 1.82) is 0 Å². The van der Waals surface area contributed by atoms with Crippen molar-refractivity contribution in [1.82, 2.24) is 0 Å². The molecule has 1 heterocycles. The average molecular weight is 231 g/mol. The number of nitrogens with two attached hydrogens (primary N) is 1. The number of aryl methyl sites for hydroxylation is 1. The number of hydrogen-bond acceptors (Lipinski definition) is 2. The second-order valence-electron chi connectivity index (χ2n) is 4.28. The SMILES string of the molecule is Cc1cccc(-c2cc(C(C)N)cs2)c1C. The van der Waals surface area contributed by atoms with Gasteiger partial charge < -0.3 is 5.73 Å². The van der Waals surface area contributed by atoms with E-state index in [2.05, 4.69) is 43.5 Å². The number of rotatable bonds is 2. The third-order valence-electron chi connectivity index (χ3n) is 3.02. The largest absolute Gasteiger partial charge is 0.324 e. The predicted molar refractivity (Wildman–Crippen MR) is 71.8 cm³/mol. The summed E-state index contributed by atoms with van der Waals surface area (Å²) in [7, 11) is 0. The molecule has 1 aromatic heterocycles. The Morgan fingerprint density at radius 3 is 2.62 bits per heavy atom. The summed E-state index contributed by atoms with van der Waals surface area (Å²) < 4.78 is 0. The van der Waals surface area contributed by atoms with Gasteiger partial charge >= 0.3 is 0 Å². The normalized spacial score (nSPS) is 12.8. The van der Waals surface area contributed by atoms with Crippen LogP contribution in [0.4, 0.5) is 0 Å². The lowest BCUT2D eigenvalue weighted by Gasteiger charge is -2.06. The monoisotopic (exact) mass is 231 g/mol. The molecule has 2 rings (SSSR count). The summed E-state index contributed by atoms with van der Waals surface area (Å²) in [5.74, 6) is 0. The van der Waals surface area contributed by atoms with E-state index in [0.29, 0.717) is 0 Å². The highest BCUT2D eigenvalue weighted by atomic mass is 32.1. The molecule has 0 aliphatic carbocycles. The van der Waals surface area contributed by atoms with Crippen LogP contribution in [0.3, 0.4) is 0 Å². The van der Waals surface area contributed by atoms with Gasteiger partial charge in [-0.05, 0) is 54.5 Å². The molecule has 1 aromatic carbocycles. The molecule has 2 aromatic rings. The lowest BCUT2D eigenvalue weighted by Crippen LogP contribution is -2.02. The van der Waals surface area contributed by atoms with Crippen LogP contribution in [0.2, 0.25) is 0 Å². The van der Waals surface area contributed by atoms with Crippen LogP contribution < -0.4 is 5.73 Å². The zero-order valence-corrected chi connectivity index (χ0v) is 10.8. The summed E-state index contributed by atoms with van der Waals surface area (Å²) in [5, 5.41) is 2.15. The maximum absolute atomic E-state index is 5.88.